The Morgan fingerprint density at radius 3 is 2.36 bits per heavy atom. The van der Waals surface area contributed by atoms with E-state index < -0.39 is 15.1 Å². The molecule has 0 fully saturated rings. The number of rotatable bonds is 9. The van der Waals surface area contributed by atoms with Gasteiger partial charge in [-0.15, -0.1) is 0 Å². The quantitative estimate of drug-likeness (QED) is 0.515. The molecule has 8 heteroatoms. The lowest BCUT2D eigenvalue weighted by atomic mass is 9.87. The fourth-order valence-electron chi connectivity index (χ4n) is 3.36. The van der Waals surface area contributed by atoms with Crippen LogP contribution >= 0.6 is 15.9 Å². The molecule has 0 aliphatic heterocycles. The fraction of sp³-hybridized carbons (Fsp3) is 0.500. The Morgan fingerprint density at radius 2 is 1.82 bits per heavy atom. The van der Waals surface area contributed by atoms with Crippen LogP contribution in [0.2, 0.25) is 0 Å². The van der Waals surface area contributed by atoms with Crippen LogP contribution in [0.1, 0.15) is 38.7 Å². The second-order valence-electron chi connectivity index (χ2n) is 6.66. The summed E-state index contributed by atoms with van der Waals surface area (Å²) in [6.45, 7) is 4.09. The van der Waals surface area contributed by atoms with Gasteiger partial charge < -0.3 is 14.2 Å². The smallest absolute Gasteiger partial charge is 0.299 e. The summed E-state index contributed by atoms with van der Waals surface area (Å²) in [4.78, 5) is -1.82. The van der Waals surface area contributed by atoms with Crippen molar-refractivity contribution in [2.24, 2.45) is 5.92 Å². The standard InChI is InChI=1S/C20H27BrO6S/c1-5-15(6-2)16-12-20(28(22,23)24,10-9-17(16)21)27-13-14-7-8-18(25-3)19(11-14)26-4/h7-11,15H,5-6,12-13H2,1-4H3,(H,22,23,24)/t20-/m1/s1. The minimum Gasteiger partial charge on any atom is -0.493 e. The number of methoxy groups -OCH3 is 2. The first-order valence-electron chi connectivity index (χ1n) is 9.11. The van der Waals surface area contributed by atoms with Gasteiger partial charge in [0.25, 0.3) is 10.1 Å². The molecule has 0 unspecified atom stereocenters. The molecule has 2 rings (SSSR count). The van der Waals surface area contributed by atoms with E-state index in [0.29, 0.717) is 17.1 Å². The summed E-state index contributed by atoms with van der Waals surface area (Å²) >= 11 is 3.52. The molecule has 0 saturated heterocycles. The van der Waals surface area contributed by atoms with E-state index in [9.17, 15) is 13.0 Å². The molecule has 1 N–H and O–H groups in total. The van der Waals surface area contributed by atoms with Gasteiger partial charge in [0.15, 0.2) is 11.5 Å². The highest BCUT2D eigenvalue weighted by molar-refractivity contribution is 9.11. The van der Waals surface area contributed by atoms with Gasteiger partial charge in [0.2, 0.25) is 4.93 Å². The maximum atomic E-state index is 12.3. The first-order chi connectivity index (χ1) is 13.2. The molecule has 0 spiro atoms. The summed E-state index contributed by atoms with van der Waals surface area (Å²) in [5.74, 6) is 1.28. The molecular formula is C20H27BrO6S. The fourth-order valence-corrected chi connectivity index (χ4v) is 4.75. The second kappa shape index (κ2) is 9.43. The van der Waals surface area contributed by atoms with Crippen LogP contribution in [0.5, 0.6) is 11.5 Å². The van der Waals surface area contributed by atoms with Crippen LogP contribution in [-0.4, -0.2) is 32.1 Å². The highest BCUT2D eigenvalue weighted by atomic mass is 79.9. The molecule has 156 valence electrons. The van der Waals surface area contributed by atoms with E-state index in [2.05, 4.69) is 29.8 Å². The Hall–Kier alpha value is -1.35. The van der Waals surface area contributed by atoms with Gasteiger partial charge in [-0.3, -0.25) is 4.55 Å². The van der Waals surface area contributed by atoms with Crippen molar-refractivity contribution in [3.05, 3.63) is 46.0 Å². The van der Waals surface area contributed by atoms with Crippen LogP contribution in [0.3, 0.4) is 0 Å². The number of allylic oxidation sites excluding steroid dienone is 2. The van der Waals surface area contributed by atoms with E-state index in [1.807, 2.05) is 0 Å². The average molecular weight is 475 g/mol. The van der Waals surface area contributed by atoms with Gasteiger partial charge >= 0.3 is 0 Å². The molecule has 1 atom stereocenters. The summed E-state index contributed by atoms with van der Waals surface area (Å²) in [5.41, 5.74) is 1.63. The summed E-state index contributed by atoms with van der Waals surface area (Å²) in [5, 5.41) is 0. The molecule has 0 aromatic heterocycles. The van der Waals surface area contributed by atoms with E-state index in [0.717, 1.165) is 22.9 Å². The number of benzene rings is 1. The predicted molar refractivity (Wildman–Crippen MR) is 112 cm³/mol. The minimum atomic E-state index is -4.51. The zero-order chi connectivity index (χ0) is 20.9. The zero-order valence-electron chi connectivity index (χ0n) is 16.6. The number of hydrogen-bond acceptors (Lipinski definition) is 5. The van der Waals surface area contributed by atoms with Gasteiger partial charge in [0.05, 0.1) is 20.8 Å². The van der Waals surface area contributed by atoms with Gasteiger partial charge in [0.1, 0.15) is 0 Å². The Labute approximate surface area is 175 Å². The highest BCUT2D eigenvalue weighted by Crippen LogP contribution is 2.41. The Bertz CT molecular complexity index is 857. The molecule has 1 aliphatic carbocycles. The largest absolute Gasteiger partial charge is 0.493 e. The molecule has 0 bridgehead atoms. The number of ether oxygens (including phenoxy) is 3. The predicted octanol–water partition coefficient (Wildman–Crippen LogP) is 4.85. The molecule has 0 heterocycles. The van der Waals surface area contributed by atoms with Crippen LogP contribution in [0.4, 0.5) is 0 Å². The van der Waals surface area contributed by atoms with Crippen LogP contribution in [0.15, 0.2) is 40.4 Å². The maximum Gasteiger partial charge on any atom is 0.299 e. The number of halogens is 1. The molecule has 1 aromatic carbocycles. The van der Waals surface area contributed by atoms with Crippen LogP contribution in [0.25, 0.3) is 0 Å². The second-order valence-corrected chi connectivity index (χ2v) is 9.16. The van der Waals surface area contributed by atoms with E-state index in [1.165, 1.54) is 20.3 Å². The Kier molecular flexibility index (Phi) is 7.73. The monoisotopic (exact) mass is 474 g/mol. The van der Waals surface area contributed by atoms with Crippen molar-refractivity contribution in [1.82, 2.24) is 0 Å². The van der Waals surface area contributed by atoms with Gasteiger partial charge in [-0.05, 0) is 54.2 Å². The van der Waals surface area contributed by atoms with Crippen molar-refractivity contribution in [2.45, 2.75) is 44.6 Å². The van der Waals surface area contributed by atoms with E-state index in [1.54, 1.807) is 24.3 Å². The van der Waals surface area contributed by atoms with Crippen molar-refractivity contribution in [2.75, 3.05) is 14.2 Å². The summed E-state index contributed by atoms with van der Waals surface area (Å²) in [7, 11) is -1.45. The molecule has 1 aromatic rings. The molecule has 6 nitrogen and oxygen atoms in total. The normalized spacial score (nSPS) is 20.0. The molecule has 0 amide bonds. The highest BCUT2D eigenvalue weighted by Gasteiger charge is 2.45. The summed E-state index contributed by atoms with van der Waals surface area (Å²) < 4.78 is 51.8. The molecule has 0 saturated carbocycles. The average Bonchev–Trinajstić information content (AvgIpc) is 2.68. The van der Waals surface area contributed by atoms with Gasteiger partial charge in [0, 0.05) is 10.9 Å². The van der Waals surface area contributed by atoms with E-state index in [4.69, 9.17) is 14.2 Å². The first kappa shape index (κ1) is 22.9. The van der Waals surface area contributed by atoms with Crippen LogP contribution in [0, 0.1) is 5.92 Å². The summed E-state index contributed by atoms with van der Waals surface area (Å²) in [6.07, 6.45) is 4.86. The van der Waals surface area contributed by atoms with E-state index >= 15 is 0 Å². The van der Waals surface area contributed by atoms with Crippen molar-refractivity contribution in [1.29, 1.82) is 0 Å². The third-order valence-electron chi connectivity index (χ3n) is 5.07. The minimum absolute atomic E-state index is 0.0156. The zero-order valence-corrected chi connectivity index (χ0v) is 19.0. The SMILES string of the molecule is CCC(CC)C1=C(Br)C=C[C@@](OCc2ccc(OC)c(OC)c2)(S(=O)(=O)O)C1. The Balaban J connectivity index is 2.33. The lowest BCUT2D eigenvalue weighted by Gasteiger charge is -2.34. The third kappa shape index (κ3) is 4.79. The molecule has 28 heavy (non-hydrogen) atoms. The number of hydrogen-bond donors (Lipinski definition) is 1. The van der Waals surface area contributed by atoms with Gasteiger partial charge in [-0.2, -0.15) is 8.42 Å². The molecule has 0 radical (unpaired) electrons. The van der Waals surface area contributed by atoms with Crippen molar-refractivity contribution < 1.29 is 27.2 Å². The third-order valence-corrected chi connectivity index (χ3v) is 7.12. The maximum absolute atomic E-state index is 12.3. The van der Waals surface area contributed by atoms with Crippen LogP contribution < -0.4 is 9.47 Å². The molecule has 1 aliphatic rings. The lowest BCUT2D eigenvalue weighted by molar-refractivity contribution is 0.0303. The first-order valence-corrected chi connectivity index (χ1v) is 11.3. The lowest BCUT2D eigenvalue weighted by Crippen LogP contribution is -2.41. The van der Waals surface area contributed by atoms with E-state index in [-0.39, 0.29) is 18.9 Å². The Morgan fingerprint density at radius 1 is 1.18 bits per heavy atom. The van der Waals surface area contributed by atoms with Crippen molar-refractivity contribution >= 4 is 26.0 Å². The van der Waals surface area contributed by atoms with Crippen LogP contribution in [-0.2, 0) is 21.5 Å². The topological polar surface area (TPSA) is 82.1 Å². The van der Waals surface area contributed by atoms with Crippen molar-refractivity contribution in [3.63, 3.8) is 0 Å². The van der Waals surface area contributed by atoms with Gasteiger partial charge in [-0.1, -0.05) is 35.8 Å². The van der Waals surface area contributed by atoms with Gasteiger partial charge in [-0.25, -0.2) is 0 Å². The van der Waals surface area contributed by atoms with Crippen molar-refractivity contribution in [3.8, 4) is 11.5 Å². The molecular weight excluding hydrogens is 448 g/mol. The summed E-state index contributed by atoms with van der Waals surface area (Å²) in [6, 6.07) is 5.20.